The van der Waals surface area contributed by atoms with Gasteiger partial charge in [0.05, 0.1) is 17.6 Å². The van der Waals surface area contributed by atoms with Gasteiger partial charge in [-0.3, -0.25) is 14.9 Å². The fourth-order valence-corrected chi connectivity index (χ4v) is 4.46. The third kappa shape index (κ3) is 5.12. The van der Waals surface area contributed by atoms with Gasteiger partial charge in [0.2, 0.25) is 0 Å². The van der Waals surface area contributed by atoms with Crippen LogP contribution in [0.15, 0.2) is 36.7 Å². The lowest BCUT2D eigenvalue weighted by atomic mass is 9.96. The molecular formula is C23H31N5O. The number of anilines is 1. The maximum absolute atomic E-state index is 12.8. The van der Waals surface area contributed by atoms with Crippen molar-refractivity contribution in [2.24, 2.45) is 0 Å². The lowest BCUT2D eigenvalue weighted by molar-refractivity contribution is 0.200. The van der Waals surface area contributed by atoms with Gasteiger partial charge in [0.25, 0.3) is 0 Å². The number of aryl methyl sites for hydroxylation is 2. The van der Waals surface area contributed by atoms with Crippen LogP contribution in [0.25, 0.3) is 0 Å². The molecule has 0 aromatic carbocycles. The molecular weight excluding hydrogens is 362 g/mol. The molecule has 0 radical (unpaired) electrons. The summed E-state index contributed by atoms with van der Waals surface area (Å²) in [6.07, 6.45) is 11.3. The molecule has 2 aromatic rings. The van der Waals surface area contributed by atoms with Crippen LogP contribution in [0.5, 0.6) is 0 Å². The molecule has 2 amide bonds. The quantitative estimate of drug-likeness (QED) is 0.856. The first kappa shape index (κ1) is 19.8. The summed E-state index contributed by atoms with van der Waals surface area (Å²) in [4.78, 5) is 26.1. The number of hydrogen-bond acceptors (Lipinski definition) is 4. The zero-order chi connectivity index (χ0) is 20.1. The number of rotatable bonds is 4. The Bertz CT molecular complexity index is 825. The van der Waals surface area contributed by atoms with Gasteiger partial charge < -0.3 is 10.2 Å². The minimum Gasteiger partial charge on any atom is -0.324 e. The molecule has 2 aliphatic rings. The Morgan fingerprint density at radius 2 is 2.07 bits per heavy atom. The molecule has 6 nitrogen and oxygen atoms in total. The highest BCUT2D eigenvalue weighted by Gasteiger charge is 2.23. The van der Waals surface area contributed by atoms with E-state index >= 15 is 0 Å². The van der Waals surface area contributed by atoms with Gasteiger partial charge in [-0.2, -0.15) is 0 Å². The Kier molecular flexibility index (Phi) is 6.39. The molecule has 0 spiro atoms. The standard InChI is InChI=1S/C23H31N5O/c1-27(17-19-8-4-5-12-24-19)21-9-6-13-28(14-11-21)23(29)26-20-15-18-7-2-3-10-22(18)25-16-20/h4-5,8,12,15-16,21H,2-3,6-7,9-11,13-14,17H2,1H3,(H,26,29). The van der Waals surface area contributed by atoms with Gasteiger partial charge in [-0.25, -0.2) is 4.79 Å². The molecule has 29 heavy (non-hydrogen) atoms. The summed E-state index contributed by atoms with van der Waals surface area (Å²) in [5, 5.41) is 3.07. The van der Waals surface area contributed by atoms with Gasteiger partial charge in [-0.1, -0.05) is 6.07 Å². The Hall–Kier alpha value is -2.47. The molecule has 1 aliphatic heterocycles. The number of aromatic nitrogens is 2. The SMILES string of the molecule is CN(Cc1ccccn1)C1CCCN(C(=O)Nc2cnc3c(c2)CCCC3)CC1. The fraction of sp³-hybridized carbons (Fsp3) is 0.522. The van der Waals surface area contributed by atoms with Crippen LogP contribution < -0.4 is 5.32 Å². The molecule has 154 valence electrons. The molecule has 1 aliphatic carbocycles. The topological polar surface area (TPSA) is 61.4 Å². The molecule has 1 saturated heterocycles. The normalized spacial score (nSPS) is 19.5. The summed E-state index contributed by atoms with van der Waals surface area (Å²) >= 11 is 0. The van der Waals surface area contributed by atoms with Crippen molar-refractivity contribution in [1.82, 2.24) is 19.8 Å². The summed E-state index contributed by atoms with van der Waals surface area (Å²) in [5.41, 5.74) is 4.40. The van der Waals surface area contributed by atoms with Crippen LogP contribution in [-0.4, -0.2) is 52.0 Å². The average Bonchev–Trinajstić information content (AvgIpc) is 3.01. The zero-order valence-corrected chi connectivity index (χ0v) is 17.3. The number of urea groups is 1. The molecule has 1 N–H and O–H groups in total. The first-order chi connectivity index (χ1) is 14.2. The molecule has 1 unspecified atom stereocenters. The molecule has 0 saturated carbocycles. The van der Waals surface area contributed by atoms with Crippen LogP contribution >= 0.6 is 0 Å². The maximum Gasteiger partial charge on any atom is 0.321 e. The first-order valence-electron chi connectivity index (χ1n) is 10.8. The largest absolute Gasteiger partial charge is 0.324 e. The number of carbonyl (C=O) groups excluding carboxylic acids is 1. The van der Waals surface area contributed by atoms with Gasteiger partial charge in [-0.15, -0.1) is 0 Å². The highest BCUT2D eigenvalue weighted by Crippen LogP contribution is 2.23. The number of likely N-dealkylation sites (tertiary alicyclic amines) is 1. The van der Waals surface area contributed by atoms with Crippen molar-refractivity contribution in [1.29, 1.82) is 0 Å². The number of hydrogen-bond donors (Lipinski definition) is 1. The van der Waals surface area contributed by atoms with Gasteiger partial charge in [0.1, 0.15) is 0 Å². The van der Waals surface area contributed by atoms with Crippen LogP contribution in [0.1, 0.15) is 49.1 Å². The van der Waals surface area contributed by atoms with E-state index in [0.29, 0.717) is 6.04 Å². The lowest BCUT2D eigenvalue weighted by Crippen LogP contribution is -2.37. The molecule has 1 atom stereocenters. The summed E-state index contributed by atoms with van der Waals surface area (Å²) in [6, 6.07) is 8.63. The lowest BCUT2D eigenvalue weighted by Gasteiger charge is -2.27. The van der Waals surface area contributed by atoms with Crippen LogP contribution in [-0.2, 0) is 19.4 Å². The highest BCUT2D eigenvalue weighted by atomic mass is 16.2. The summed E-state index contributed by atoms with van der Waals surface area (Å²) in [7, 11) is 2.16. The Morgan fingerprint density at radius 3 is 2.93 bits per heavy atom. The van der Waals surface area contributed by atoms with Crippen LogP contribution in [0.3, 0.4) is 0 Å². The van der Waals surface area contributed by atoms with Crippen molar-refractivity contribution in [2.75, 3.05) is 25.5 Å². The van der Waals surface area contributed by atoms with E-state index in [1.165, 1.54) is 24.1 Å². The Balaban J connectivity index is 1.31. The van der Waals surface area contributed by atoms with E-state index in [2.05, 4.69) is 39.4 Å². The second-order valence-electron chi connectivity index (χ2n) is 8.28. The third-order valence-electron chi connectivity index (χ3n) is 6.17. The molecule has 0 bridgehead atoms. The zero-order valence-electron chi connectivity index (χ0n) is 17.3. The number of amides is 2. The van der Waals surface area contributed by atoms with Crippen LogP contribution in [0.4, 0.5) is 10.5 Å². The van der Waals surface area contributed by atoms with Gasteiger partial charge in [0.15, 0.2) is 0 Å². The maximum atomic E-state index is 12.8. The van der Waals surface area contributed by atoms with Crippen molar-refractivity contribution < 1.29 is 4.79 Å². The van der Waals surface area contributed by atoms with Crippen molar-refractivity contribution in [3.05, 3.63) is 53.6 Å². The van der Waals surface area contributed by atoms with Crippen molar-refractivity contribution in [2.45, 2.75) is 57.5 Å². The minimum atomic E-state index is -0.00408. The molecule has 1 fully saturated rings. The Labute approximate surface area is 173 Å². The minimum absolute atomic E-state index is 0.00408. The number of pyridine rings is 2. The van der Waals surface area contributed by atoms with Crippen molar-refractivity contribution in [3.63, 3.8) is 0 Å². The molecule has 4 rings (SSSR count). The van der Waals surface area contributed by atoms with Gasteiger partial charge in [-0.05, 0) is 75.8 Å². The fourth-order valence-electron chi connectivity index (χ4n) is 4.46. The van der Waals surface area contributed by atoms with Gasteiger partial charge in [0, 0.05) is 37.6 Å². The van der Waals surface area contributed by atoms with E-state index in [0.717, 1.165) is 63.1 Å². The van der Waals surface area contributed by atoms with E-state index in [1.54, 1.807) is 0 Å². The monoisotopic (exact) mass is 393 g/mol. The van der Waals surface area contributed by atoms with E-state index in [1.807, 2.05) is 29.4 Å². The predicted molar refractivity (Wildman–Crippen MR) is 115 cm³/mol. The second-order valence-corrected chi connectivity index (χ2v) is 8.28. The van der Waals surface area contributed by atoms with E-state index < -0.39 is 0 Å². The highest BCUT2D eigenvalue weighted by molar-refractivity contribution is 5.89. The summed E-state index contributed by atoms with van der Waals surface area (Å²) in [5.74, 6) is 0. The number of nitrogens with zero attached hydrogens (tertiary/aromatic N) is 4. The van der Waals surface area contributed by atoms with E-state index in [4.69, 9.17) is 0 Å². The third-order valence-corrected chi connectivity index (χ3v) is 6.17. The number of carbonyl (C=O) groups is 1. The van der Waals surface area contributed by atoms with Crippen LogP contribution in [0.2, 0.25) is 0 Å². The summed E-state index contributed by atoms with van der Waals surface area (Å²) < 4.78 is 0. The summed E-state index contributed by atoms with van der Waals surface area (Å²) in [6.45, 7) is 2.43. The van der Waals surface area contributed by atoms with E-state index in [-0.39, 0.29) is 6.03 Å². The molecule has 3 heterocycles. The number of nitrogens with one attached hydrogen (secondary N) is 1. The smallest absolute Gasteiger partial charge is 0.321 e. The number of fused-ring (bicyclic) bond motifs is 1. The average molecular weight is 394 g/mol. The van der Waals surface area contributed by atoms with Crippen LogP contribution in [0, 0.1) is 0 Å². The predicted octanol–water partition coefficient (Wildman–Crippen LogP) is 3.87. The molecule has 2 aromatic heterocycles. The van der Waals surface area contributed by atoms with Crippen molar-refractivity contribution >= 4 is 11.7 Å². The second kappa shape index (κ2) is 9.35. The van der Waals surface area contributed by atoms with E-state index in [9.17, 15) is 4.79 Å². The van der Waals surface area contributed by atoms with Gasteiger partial charge >= 0.3 is 6.03 Å². The van der Waals surface area contributed by atoms with Crippen molar-refractivity contribution in [3.8, 4) is 0 Å². The first-order valence-corrected chi connectivity index (χ1v) is 10.8. The molecule has 6 heteroatoms. The Morgan fingerprint density at radius 1 is 1.17 bits per heavy atom.